The first-order valence-corrected chi connectivity index (χ1v) is 4.91. The number of nitrogen functional groups attached to an aromatic ring is 1. The van der Waals surface area contributed by atoms with E-state index < -0.39 is 5.97 Å². The van der Waals surface area contributed by atoms with Crippen molar-refractivity contribution in [2.45, 2.75) is 0 Å². The molecule has 5 heteroatoms. The third-order valence-corrected chi connectivity index (χ3v) is 2.04. The number of nitrogens with zero attached hydrogens (tertiary/aromatic N) is 1. The summed E-state index contributed by atoms with van der Waals surface area (Å²) in [5.41, 5.74) is 5.96. The Labute approximate surface area is 94.4 Å². The Morgan fingerprint density at radius 1 is 1.50 bits per heavy atom. The van der Waals surface area contributed by atoms with Crippen LogP contribution in [0.4, 0.5) is 5.69 Å². The van der Waals surface area contributed by atoms with Crippen LogP contribution in [0.2, 0.25) is 0 Å². The molecule has 0 aliphatic carbocycles. The number of likely N-dealkylation sites (N-methyl/N-ethyl adjacent to an activating group) is 1. The predicted octanol–water partition coefficient (Wildman–Crippen LogP) is 0.693. The molecule has 88 valence electrons. The summed E-state index contributed by atoms with van der Waals surface area (Å²) in [6.07, 6.45) is 0. The van der Waals surface area contributed by atoms with E-state index in [9.17, 15) is 9.90 Å². The smallest absolute Gasteiger partial charge is 0.338 e. The van der Waals surface area contributed by atoms with E-state index in [-0.39, 0.29) is 11.4 Å². The zero-order chi connectivity index (χ0) is 12.1. The number of carbonyl (C=O) groups is 1. The molecule has 0 heterocycles. The van der Waals surface area contributed by atoms with Crippen molar-refractivity contribution in [3.63, 3.8) is 0 Å². The summed E-state index contributed by atoms with van der Waals surface area (Å²) < 4.78 is 5.00. The number of phenolic OH excluding ortho intramolecular Hbond substituents is 1. The lowest BCUT2D eigenvalue weighted by Crippen LogP contribution is -2.20. The lowest BCUT2D eigenvalue weighted by molar-refractivity contribution is 0.0481. The first-order chi connectivity index (χ1) is 7.50. The van der Waals surface area contributed by atoms with Crippen molar-refractivity contribution in [3.8, 4) is 5.75 Å². The highest BCUT2D eigenvalue weighted by Gasteiger charge is 2.09. The molecule has 0 aliphatic rings. The van der Waals surface area contributed by atoms with E-state index in [1.165, 1.54) is 18.2 Å². The molecular weight excluding hydrogens is 208 g/mol. The van der Waals surface area contributed by atoms with E-state index >= 15 is 0 Å². The molecule has 0 saturated carbocycles. The lowest BCUT2D eigenvalue weighted by Gasteiger charge is -2.10. The van der Waals surface area contributed by atoms with E-state index in [1.807, 2.05) is 19.0 Å². The lowest BCUT2D eigenvalue weighted by atomic mass is 10.2. The molecule has 0 bridgehead atoms. The number of hydrogen-bond acceptors (Lipinski definition) is 5. The third-order valence-electron chi connectivity index (χ3n) is 2.04. The van der Waals surface area contributed by atoms with Crippen molar-refractivity contribution < 1.29 is 14.6 Å². The SMILES string of the molecule is CN(C)CCOC(=O)c1ccc(N)c(O)c1. The van der Waals surface area contributed by atoms with E-state index in [2.05, 4.69) is 0 Å². The second-order valence-corrected chi connectivity index (χ2v) is 3.71. The minimum Gasteiger partial charge on any atom is -0.506 e. The fraction of sp³-hybridized carbons (Fsp3) is 0.364. The van der Waals surface area contributed by atoms with Gasteiger partial charge in [-0.1, -0.05) is 0 Å². The average Bonchev–Trinajstić information content (AvgIpc) is 2.21. The fourth-order valence-electron chi connectivity index (χ4n) is 1.07. The molecule has 0 aromatic heterocycles. The van der Waals surface area contributed by atoms with Gasteiger partial charge in [0.15, 0.2) is 0 Å². The second-order valence-electron chi connectivity index (χ2n) is 3.71. The van der Waals surface area contributed by atoms with Crippen LogP contribution in [0.25, 0.3) is 0 Å². The van der Waals surface area contributed by atoms with Crippen LogP contribution >= 0.6 is 0 Å². The van der Waals surface area contributed by atoms with Gasteiger partial charge >= 0.3 is 5.97 Å². The molecule has 0 unspecified atom stereocenters. The number of phenols is 1. The van der Waals surface area contributed by atoms with Gasteiger partial charge in [0.25, 0.3) is 0 Å². The summed E-state index contributed by atoms with van der Waals surface area (Å²) in [4.78, 5) is 13.4. The normalized spacial score (nSPS) is 10.4. The Morgan fingerprint density at radius 2 is 2.19 bits per heavy atom. The highest BCUT2D eigenvalue weighted by atomic mass is 16.5. The quantitative estimate of drug-likeness (QED) is 0.447. The molecule has 1 rings (SSSR count). The molecule has 0 fully saturated rings. The summed E-state index contributed by atoms with van der Waals surface area (Å²) in [5, 5.41) is 9.32. The number of anilines is 1. The number of hydrogen-bond donors (Lipinski definition) is 2. The molecule has 0 saturated heterocycles. The average molecular weight is 224 g/mol. The molecule has 0 radical (unpaired) electrons. The number of ether oxygens (including phenoxy) is 1. The van der Waals surface area contributed by atoms with Crippen molar-refractivity contribution in [3.05, 3.63) is 23.8 Å². The van der Waals surface area contributed by atoms with Crippen molar-refractivity contribution in [1.29, 1.82) is 0 Å². The van der Waals surface area contributed by atoms with E-state index in [0.717, 1.165) is 0 Å². The minimum absolute atomic E-state index is 0.109. The van der Waals surface area contributed by atoms with Crippen LogP contribution in [-0.4, -0.2) is 43.2 Å². The second kappa shape index (κ2) is 5.37. The highest BCUT2D eigenvalue weighted by molar-refractivity contribution is 5.90. The minimum atomic E-state index is -0.461. The molecule has 0 spiro atoms. The van der Waals surface area contributed by atoms with E-state index in [1.54, 1.807) is 0 Å². The molecule has 1 aromatic carbocycles. The Bertz CT molecular complexity index is 377. The monoisotopic (exact) mass is 224 g/mol. The van der Waals surface area contributed by atoms with Gasteiger partial charge in [0, 0.05) is 6.54 Å². The van der Waals surface area contributed by atoms with Crippen LogP contribution in [0.3, 0.4) is 0 Å². The highest BCUT2D eigenvalue weighted by Crippen LogP contribution is 2.20. The number of nitrogens with two attached hydrogens (primary N) is 1. The molecule has 1 aromatic rings. The van der Waals surface area contributed by atoms with Crippen LogP contribution in [0, 0.1) is 0 Å². The maximum absolute atomic E-state index is 11.5. The Morgan fingerprint density at radius 3 is 2.75 bits per heavy atom. The summed E-state index contributed by atoms with van der Waals surface area (Å²) in [6, 6.07) is 4.29. The number of benzene rings is 1. The van der Waals surface area contributed by atoms with Crippen molar-refractivity contribution in [2.75, 3.05) is 33.0 Å². The molecule has 0 atom stereocenters. The van der Waals surface area contributed by atoms with Gasteiger partial charge in [-0.25, -0.2) is 4.79 Å². The van der Waals surface area contributed by atoms with Gasteiger partial charge in [-0.15, -0.1) is 0 Å². The zero-order valence-corrected chi connectivity index (χ0v) is 9.43. The predicted molar refractivity (Wildman–Crippen MR) is 61.4 cm³/mol. The Balaban J connectivity index is 2.56. The molecule has 5 nitrogen and oxygen atoms in total. The van der Waals surface area contributed by atoms with Crippen molar-refractivity contribution >= 4 is 11.7 Å². The molecular formula is C11H16N2O3. The topological polar surface area (TPSA) is 75.8 Å². The van der Waals surface area contributed by atoms with Crippen LogP contribution in [0.5, 0.6) is 5.75 Å². The maximum Gasteiger partial charge on any atom is 0.338 e. The number of rotatable bonds is 4. The number of aromatic hydroxyl groups is 1. The summed E-state index contributed by atoms with van der Waals surface area (Å²) >= 11 is 0. The van der Waals surface area contributed by atoms with Crippen LogP contribution < -0.4 is 5.73 Å². The summed E-state index contributed by atoms with van der Waals surface area (Å²) in [5.74, 6) is -0.570. The van der Waals surface area contributed by atoms with Crippen molar-refractivity contribution in [2.24, 2.45) is 0 Å². The first kappa shape index (κ1) is 12.3. The standard InChI is InChI=1S/C11H16N2O3/c1-13(2)5-6-16-11(15)8-3-4-9(12)10(14)7-8/h3-4,7,14H,5-6,12H2,1-2H3. The molecule has 3 N–H and O–H groups in total. The van der Waals surface area contributed by atoms with Gasteiger partial charge in [-0.3, -0.25) is 0 Å². The van der Waals surface area contributed by atoms with E-state index in [0.29, 0.717) is 18.7 Å². The van der Waals surface area contributed by atoms with Crippen LogP contribution in [0.15, 0.2) is 18.2 Å². The van der Waals surface area contributed by atoms with Gasteiger partial charge < -0.3 is 20.5 Å². The van der Waals surface area contributed by atoms with Crippen LogP contribution in [0.1, 0.15) is 10.4 Å². The van der Waals surface area contributed by atoms with Gasteiger partial charge in [0.1, 0.15) is 12.4 Å². The molecule has 0 aliphatic heterocycles. The number of carbonyl (C=O) groups excluding carboxylic acids is 1. The summed E-state index contributed by atoms with van der Waals surface area (Å²) in [7, 11) is 3.78. The van der Waals surface area contributed by atoms with Gasteiger partial charge in [-0.2, -0.15) is 0 Å². The number of esters is 1. The largest absolute Gasteiger partial charge is 0.506 e. The molecule has 0 amide bonds. The fourth-order valence-corrected chi connectivity index (χ4v) is 1.07. The first-order valence-electron chi connectivity index (χ1n) is 4.91. The molecule has 16 heavy (non-hydrogen) atoms. The van der Waals surface area contributed by atoms with Gasteiger partial charge in [-0.05, 0) is 32.3 Å². The zero-order valence-electron chi connectivity index (χ0n) is 9.43. The van der Waals surface area contributed by atoms with Crippen LogP contribution in [-0.2, 0) is 4.74 Å². The van der Waals surface area contributed by atoms with Gasteiger partial charge in [0.05, 0.1) is 11.3 Å². The van der Waals surface area contributed by atoms with Gasteiger partial charge in [0.2, 0.25) is 0 Å². The third kappa shape index (κ3) is 3.43. The summed E-state index contributed by atoms with van der Waals surface area (Å²) in [6.45, 7) is 0.976. The Kier molecular flexibility index (Phi) is 4.13. The maximum atomic E-state index is 11.5. The Hall–Kier alpha value is -1.75. The van der Waals surface area contributed by atoms with E-state index in [4.69, 9.17) is 10.5 Å². The van der Waals surface area contributed by atoms with Crippen molar-refractivity contribution in [1.82, 2.24) is 4.90 Å².